The van der Waals surface area contributed by atoms with Gasteiger partial charge in [-0.15, -0.1) is 0 Å². The molecule has 2 unspecified atom stereocenters. The van der Waals surface area contributed by atoms with Crippen molar-refractivity contribution in [2.24, 2.45) is 5.92 Å². The number of methoxy groups -OCH3 is 1. The van der Waals surface area contributed by atoms with Gasteiger partial charge < -0.3 is 15.0 Å². The highest BCUT2D eigenvalue weighted by Crippen LogP contribution is 2.30. The van der Waals surface area contributed by atoms with Gasteiger partial charge in [0.2, 0.25) is 5.88 Å². The molecule has 5 heteroatoms. The maximum Gasteiger partial charge on any atom is 0.221 e. The normalized spacial score (nSPS) is 26.8. The van der Waals surface area contributed by atoms with Crippen molar-refractivity contribution in [3.8, 4) is 5.88 Å². The van der Waals surface area contributed by atoms with Crippen molar-refractivity contribution in [3.05, 3.63) is 11.9 Å². The lowest BCUT2D eigenvalue weighted by Gasteiger charge is -2.37. The van der Waals surface area contributed by atoms with Crippen LogP contribution in [0, 0.1) is 12.8 Å². The van der Waals surface area contributed by atoms with E-state index in [2.05, 4.69) is 20.2 Å². The largest absolute Gasteiger partial charge is 0.481 e. The van der Waals surface area contributed by atoms with Crippen LogP contribution in [0.1, 0.15) is 31.2 Å². The molecular weight excluding hydrogens is 252 g/mol. The number of hydrogen-bond acceptors (Lipinski definition) is 5. The molecule has 1 aromatic heterocycles. The molecule has 2 saturated heterocycles. The third-order valence-electron chi connectivity index (χ3n) is 4.63. The number of ether oxygens (including phenoxy) is 1. The van der Waals surface area contributed by atoms with E-state index in [4.69, 9.17) is 4.74 Å². The highest BCUT2D eigenvalue weighted by molar-refractivity contribution is 5.50. The smallest absolute Gasteiger partial charge is 0.221 e. The van der Waals surface area contributed by atoms with E-state index in [1.165, 1.54) is 32.2 Å². The molecule has 5 nitrogen and oxygen atoms in total. The number of hydrogen-bond donors (Lipinski definition) is 1. The molecule has 2 atom stereocenters. The van der Waals surface area contributed by atoms with Crippen LogP contribution in [0.3, 0.4) is 0 Å². The molecule has 2 fully saturated rings. The Morgan fingerprint density at radius 3 is 2.95 bits per heavy atom. The van der Waals surface area contributed by atoms with Gasteiger partial charge in [0.15, 0.2) is 0 Å². The maximum absolute atomic E-state index is 5.31. The summed E-state index contributed by atoms with van der Waals surface area (Å²) < 4.78 is 5.31. The Balaban J connectivity index is 1.76. The number of piperidine rings is 1. The Bertz CT molecular complexity index is 459. The van der Waals surface area contributed by atoms with Crippen LogP contribution >= 0.6 is 0 Å². The van der Waals surface area contributed by atoms with Crippen molar-refractivity contribution in [2.45, 2.75) is 38.6 Å². The molecule has 20 heavy (non-hydrogen) atoms. The summed E-state index contributed by atoms with van der Waals surface area (Å²) in [6.45, 7) is 5.41. The van der Waals surface area contributed by atoms with Gasteiger partial charge in [0.05, 0.1) is 12.7 Å². The van der Waals surface area contributed by atoms with Crippen LogP contribution in [0.4, 0.5) is 5.82 Å². The third kappa shape index (κ3) is 2.59. The SMILES string of the molecule is COc1ncnc(N2CCCC(C3CCCN3)C2)c1C. The zero-order valence-corrected chi connectivity index (χ0v) is 12.4. The second-order valence-electron chi connectivity index (χ2n) is 5.88. The molecule has 0 radical (unpaired) electrons. The predicted octanol–water partition coefficient (Wildman–Crippen LogP) is 1.76. The molecule has 1 N–H and O–H groups in total. The van der Waals surface area contributed by atoms with Gasteiger partial charge in [-0.2, -0.15) is 0 Å². The van der Waals surface area contributed by atoms with Crippen LogP contribution in [0.5, 0.6) is 5.88 Å². The summed E-state index contributed by atoms with van der Waals surface area (Å²) >= 11 is 0. The van der Waals surface area contributed by atoms with Crippen molar-refractivity contribution >= 4 is 5.82 Å². The van der Waals surface area contributed by atoms with E-state index < -0.39 is 0 Å². The molecule has 2 aliphatic heterocycles. The Morgan fingerprint density at radius 1 is 1.30 bits per heavy atom. The Labute approximate surface area is 120 Å². The molecule has 1 aromatic rings. The van der Waals surface area contributed by atoms with E-state index >= 15 is 0 Å². The van der Waals surface area contributed by atoms with Crippen LogP contribution in [0.15, 0.2) is 6.33 Å². The molecule has 0 saturated carbocycles. The van der Waals surface area contributed by atoms with E-state index in [-0.39, 0.29) is 0 Å². The van der Waals surface area contributed by atoms with Gasteiger partial charge in [-0.1, -0.05) is 0 Å². The molecule has 0 amide bonds. The van der Waals surface area contributed by atoms with E-state index in [1.807, 2.05) is 6.92 Å². The second-order valence-corrected chi connectivity index (χ2v) is 5.88. The van der Waals surface area contributed by atoms with Crippen LogP contribution in [0.25, 0.3) is 0 Å². The fraction of sp³-hybridized carbons (Fsp3) is 0.733. The number of anilines is 1. The summed E-state index contributed by atoms with van der Waals surface area (Å²) in [7, 11) is 1.67. The first-order valence-electron chi connectivity index (χ1n) is 7.63. The van der Waals surface area contributed by atoms with E-state index in [1.54, 1.807) is 13.4 Å². The standard InChI is InChI=1S/C15H24N4O/c1-11-14(17-10-18-15(11)20-2)19-8-4-5-12(9-19)13-6-3-7-16-13/h10,12-13,16H,3-9H2,1-2H3. The van der Waals surface area contributed by atoms with E-state index in [0.717, 1.165) is 30.4 Å². The minimum atomic E-state index is 0.691. The predicted molar refractivity (Wildman–Crippen MR) is 79.3 cm³/mol. The summed E-state index contributed by atoms with van der Waals surface area (Å²) in [5.41, 5.74) is 1.05. The summed E-state index contributed by atoms with van der Waals surface area (Å²) in [6, 6.07) is 0.696. The molecule has 2 aliphatic rings. The number of nitrogens with zero attached hydrogens (tertiary/aromatic N) is 3. The lowest BCUT2D eigenvalue weighted by molar-refractivity contribution is 0.327. The number of rotatable bonds is 3. The Hall–Kier alpha value is -1.36. The van der Waals surface area contributed by atoms with Crippen molar-refractivity contribution in [1.82, 2.24) is 15.3 Å². The first kappa shape index (κ1) is 13.6. The topological polar surface area (TPSA) is 50.3 Å². The fourth-order valence-electron chi connectivity index (χ4n) is 3.59. The van der Waals surface area contributed by atoms with Crippen LogP contribution in [-0.4, -0.2) is 42.8 Å². The van der Waals surface area contributed by atoms with Gasteiger partial charge in [-0.05, 0) is 45.1 Å². The first-order valence-corrected chi connectivity index (χ1v) is 7.63. The van der Waals surface area contributed by atoms with Crippen molar-refractivity contribution in [3.63, 3.8) is 0 Å². The molecule has 3 rings (SSSR count). The monoisotopic (exact) mass is 276 g/mol. The van der Waals surface area contributed by atoms with Gasteiger partial charge in [-0.3, -0.25) is 0 Å². The van der Waals surface area contributed by atoms with Crippen molar-refractivity contribution < 1.29 is 4.74 Å². The van der Waals surface area contributed by atoms with Crippen molar-refractivity contribution in [2.75, 3.05) is 31.6 Å². The second kappa shape index (κ2) is 5.95. The third-order valence-corrected chi connectivity index (χ3v) is 4.63. The van der Waals surface area contributed by atoms with Crippen LogP contribution in [-0.2, 0) is 0 Å². The van der Waals surface area contributed by atoms with E-state index in [9.17, 15) is 0 Å². The van der Waals surface area contributed by atoms with Gasteiger partial charge in [0.1, 0.15) is 12.1 Å². The average molecular weight is 276 g/mol. The van der Waals surface area contributed by atoms with Gasteiger partial charge in [0, 0.05) is 19.1 Å². The average Bonchev–Trinajstić information content (AvgIpc) is 3.02. The number of nitrogens with one attached hydrogen (secondary N) is 1. The fourth-order valence-corrected chi connectivity index (χ4v) is 3.59. The minimum Gasteiger partial charge on any atom is -0.481 e. The van der Waals surface area contributed by atoms with Crippen LogP contribution in [0.2, 0.25) is 0 Å². The van der Waals surface area contributed by atoms with Gasteiger partial charge in [0.25, 0.3) is 0 Å². The summed E-state index contributed by atoms with van der Waals surface area (Å²) in [6.07, 6.45) is 6.83. The maximum atomic E-state index is 5.31. The molecule has 0 aliphatic carbocycles. The molecule has 0 aromatic carbocycles. The summed E-state index contributed by atoms with van der Waals surface area (Å²) in [5.74, 6) is 2.47. The van der Waals surface area contributed by atoms with Crippen LogP contribution < -0.4 is 15.0 Å². The molecule has 3 heterocycles. The molecule has 110 valence electrons. The molecular formula is C15H24N4O. The summed E-state index contributed by atoms with van der Waals surface area (Å²) in [4.78, 5) is 11.1. The highest BCUT2D eigenvalue weighted by Gasteiger charge is 2.30. The Kier molecular flexibility index (Phi) is 4.05. The molecule has 0 bridgehead atoms. The van der Waals surface area contributed by atoms with Gasteiger partial charge in [-0.25, -0.2) is 9.97 Å². The van der Waals surface area contributed by atoms with E-state index in [0.29, 0.717) is 11.9 Å². The zero-order chi connectivity index (χ0) is 13.9. The summed E-state index contributed by atoms with van der Waals surface area (Å²) in [5, 5.41) is 3.65. The highest BCUT2D eigenvalue weighted by atomic mass is 16.5. The zero-order valence-electron chi connectivity index (χ0n) is 12.4. The Morgan fingerprint density at radius 2 is 2.20 bits per heavy atom. The lowest BCUT2D eigenvalue weighted by atomic mass is 9.89. The lowest BCUT2D eigenvalue weighted by Crippen LogP contribution is -2.44. The molecule has 0 spiro atoms. The van der Waals surface area contributed by atoms with Gasteiger partial charge >= 0.3 is 0 Å². The minimum absolute atomic E-state index is 0.691. The first-order chi connectivity index (χ1) is 9.79. The van der Waals surface area contributed by atoms with Crippen molar-refractivity contribution in [1.29, 1.82) is 0 Å². The quantitative estimate of drug-likeness (QED) is 0.911. The number of aromatic nitrogens is 2.